The van der Waals surface area contributed by atoms with E-state index in [1.54, 1.807) is 18.4 Å². The number of carbonyl (C=O) groups is 1. The Morgan fingerprint density at radius 3 is 2.92 bits per heavy atom. The van der Waals surface area contributed by atoms with Gasteiger partial charge in [0.15, 0.2) is 0 Å². The number of aromatic nitrogens is 1. The topological polar surface area (TPSA) is 51.2 Å². The monoisotopic (exact) mass is 344 g/mol. The number of thiazole rings is 1. The van der Waals surface area contributed by atoms with Crippen molar-refractivity contribution in [2.75, 3.05) is 13.7 Å². The Morgan fingerprint density at radius 1 is 1.25 bits per heavy atom. The molecule has 0 spiro atoms. The smallest absolute Gasteiger partial charge is 0.220 e. The minimum absolute atomic E-state index is 0.0954. The van der Waals surface area contributed by atoms with E-state index in [9.17, 15) is 4.79 Å². The van der Waals surface area contributed by atoms with Crippen molar-refractivity contribution < 1.29 is 9.53 Å². The number of benzene rings is 1. The lowest BCUT2D eigenvalue weighted by molar-refractivity contribution is -0.121. The van der Waals surface area contributed by atoms with Crippen LogP contribution in [0.1, 0.15) is 40.4 Å². The van der Waals surface area contributed by atoms with Crippen molar-refractivity contribution in [1.29, 1.82) is 0 Å². The molecule has 0 bridgehead atoms. The molecule has 0 fully saturated rings. The van der Waals surface area contributed by atoms with Gasteiger partial charge in [-0.15, -0.1) is 11.3 Å². The number of nitrogens with one attached hydrogen (secondary N) is 1. The van der Waals surface area contributed by atoms with Gasteiger partial charge in [0.25, 0.3) is 0 Å². The molecule has 5 heteroatoms. The summed E-state index contributed by atoms with van der Waals surface area (Å²) in [6.45, 7) is 0.633. The number of nitrogens with zero attached hydrogens (tertiary/aromatic N) is 1. The quantitative estimate of drug-likeness (QED) is 0.838. The van der Waals surface area contributed by atoms with E-state index in [1.807, 2.05) is 24.3 Å². The lowest BCUT2D eigenvalue weighted by atomic mass is 10.0. The van der Waals surface area contributed by atoms with Crippen molar-refractivity contribution in [3.05, 3.63) is 45.4 Å². The van der Waals surface area contributed by atoms with Crippen LogP contribution in [0.3, 0.4) is 0 Å². The fraction of sp³-hybridized carbons (Fsp3) is 0.474. The summed E-state index contributed by atoms with van der Waals surface area (Å²) in [5, 5.41) is 4.11. The second-order valence-electron chi connectivity index (χ2n) is 6.10. The van der Waals surface area contributed by atoms with E-state index in [-0.39, 0.29) is 5.91 Å². The first kappa shape index (κ1) is 17.0. The maximum Gasteiger partial charge on any atom is 0.220 e. The van der Waals surface area contributed by atoms with Crippen LogP contribution in [-0.4, -0.2) is 24.5 Å². The Bertz CT molecular complexity index is 673. The Balaban J connectivity index is 1.42. The molecule has 2 aromatic rings. The summed E-state index contributed by atoms with van der Waals surface area (Å²) in [4.78, 5) is 18.2. The van der Waals surface area contributed by atoms with Crippen molar-refractivity contribution in [3.8, 4) is 5.75 Å². The van der Waals surface area contributed by atoms with Crippen molar-refractivity contribution >= 4 is 17.2 Å². The molecule has 3 rings (SSSR count). The molecule has 128 valence electrons. The van der Waals surface area contributed by atoms with Crippen LogP contribution >= 0.6 is 11.3 Å². The third-order valence-electron chi connectivity index (χ3n) is 4.36. The lowest BCUT2D eigenvalue weighted by Gasteiger charge is -2.08. The highest BCUT2D eigenvalue weighted by molar-refractivity contribution is 7.11. The van der Waals surface area contributed by atoms with Gasteiger partial charge in [0.1, 0.15) is 5.75 Å². The number of hydrogen-bond donors (Lipinski definition) is 1. The Morgan fingerprint density at radius 2 is 2.08 bits per heavy atom. The first-order valence-electron chi connectivity index (χ1n) is 8.62. The molecule has 0 saturated carbocycles. The first-order valence-corrected chi connectivity index (χ1v) is 9.44. The zero-order valence-electron chi connectivity index (χ0n) is 14.1. The van der Waals surface area contributed by atoms with E-state index in [2.05, 4.69) is 5.32 Å². The van der Waals surface area contributed by atoms with Gasteiger partial charge in [0.05, 0.1) is 17.8 Å². The molecule has 0 unspecified atom stereocenters. The van der Waals surface area contributed by atoms with Crippen LogP contribution in [0.25, 0.3) is 0 Å². The molecule has 1 amide bonds. The van der Waals surface area contributed by atoms with Gasteiger partial charge in [-0.1, -0.05) is 18.2 Å². The van der Waals surface area contributed by atoms with Gasteiger partial charge in [0.2, 0.25) is 5.91 Å². The van der Waals surface area contributed by atoms with Crippen molar-refractivity contribution in [1.82, 2.24) is 10.3 Å². The summed E-state index contributed by atoms with van der Waals surface area (Å²) < 4.78 is 5.33. The van der Waals surface area contributed by atoms with Crippen LogP contribution in [0.4, 0.5) is 0 Å². The third-order valence-corrected chi connectivity index (χ3v) is 5.58. The van der Waals surface area contributed by atoms with Crippen LogP contribution < -0.4 is 10.1 Å². The SMILES string of the molecule is COc1ccccc1CCNC(=O)CCc1nc2c(s1)CCCC2. The molecular weight excluding hydrogens is 320 g/mol. The van der Waals surface area contributed by atoms with Gasteiger partial charge in [-0.3, -0.25) is 4.79 Å². The van der Waals surface area contributed by atoms with Crippen molar-refractivity contribution in [3.63, 3.8) is 0 Å². The highest BCUT2D eigenvalue weighted by Gasteiger charge is 2.15. The number of rotatable bonds is 7. The summed E-state index contributed by atoms with van der Waals surface area (Å²) in [6, 6.07) is 7.92. The summed E-state index contributed by atoms with van der Waals surface area (Å²) in [5.74, 6) is 0.971. The maximum absolute atomic E-state index is 12.0. The highest BCUT2D eigenvalue weighted by atomic mass is 32.1. The van der Waals surface area contributed by atoms with Crippen LogP contribution in [0, 0.1) is 0 Å². The number of ether oxygens (including phenoxy) is 1. The summed E-state index contributed by atoms with van der Waals surface area (Å²) in [7, 11) is 1.67. The van der Waals surface area contributed by atoms with Gasteiger partial charge in [-0.25, -0.2) is 4.98 Å². The van der Waals surface area contributed by atoms with E-state index in [1.165, 1.54) is 23.4 Å². The zero-order valence-corrected chi connectivity index (χ0v) is 15.0. The summed E-state index contributed by atoms with van der Waals surface area (Å²) in [6.07, 6.45) is 6.84. The predicted molar refractivity (Wildman–Crippen MR) is 96.8 cm³/mol. The standard InChI is InChI=1S/C19H24N2O2S/c1-23-16-8-4-2-6-14(16)12-13-20-18(22)10-11-19-21-15-7-3-5-9-17(15)24-19/h2,4,6,8H,3,5,7,9-13H2,1H3,(H,20,22). The molecule has 0 saturated heterocycles. The van der Waals surface area contributed by atoms with E-state index in [4.69, 9.17) is 9.72 Å². The molecule has 1 aromatic heterocycles. The average Bonchev–Trinajstić information content (AvgIpc) is 3.03. The van der Waals surface area contributed by atoms with E-state index < -0.39 is 0 Å². The van der Waals surface area contributed by atoms with Gasteiger partial charge in [-0.05, 0) is 43.7 Å². The molecule has 1 aliphatic rings. The normalized spacial score (nSPS) is 13.4. The Labute approximate surface area is 147 Å². The zero-order chi connectivity index (χ0) is 16.8. The van der Waals surface area contributed by atoms with Gasteiger partial charge >= 0.3 is 0 Å². The molecule has 0 aliphatic heterocycles. The van der Waals surface area contributed by atoms with Gasteiger partial charge < -0.3 is 10.1 Å². The predicted octanol–water partition coefficient (Wildman–Crippen LogP) is 3.32. The Hall–Kier alpha value is -1.88. The third kappa shape index (κ3) is 4.35. The fourth-order valence-electron chi connectivity index (χ4n) is 3.07. The number of aryl methyl sites for hydroxylation is 3. The second-order valence-corrected chi connectivity index (χ2v) is 7.26. The first-order chi connectivity index (χ1) is 11.8. The number of para-hydroxylation sites is 1. The second kappa shape index (κ2) is 8.29. The molecular formula is C19H24N2O2S. The minimum Gasteiger partial charge on any atom is -0.496 e. The molecule has 4 nitrogen and oxygen atoms in total. The minimum atomic E-state index is 0.0954. The Kier molecular flexibility index (Phi) is 5.86. The van der Waals surface area contributed by atoms with Gasteiger partial charge in [-0.2, -0.15) is 0 Å². The average molecular weight is 344 g/mol. The molecule has 0 radical (unpaired) electrons. The number of fused-ring (bicyclic) bond motifs is 1. The van der Waals surface area contributed by atoms with E-state index in [0.717, 1.165) is 42.0 Å². The maximum atomic E-state index is 12.0. The van der Waals surface area contributed by atoms with Crippen LogP contribution in [-0.2, 0) is 30.5 Å². The molecule has 24 heavy (non-hydrogen) atoms. The van der Waals surface area contributed by atoms with E-state index >= 15 is 0 Å². The number of amides is 1. The van der Waals surface area contributed by atoms with Crippen molar-refractivity contribution in [2.45, 2.75) is 44.9 Å². The number of methoxy groups -OCH3 is 1. The lowest BCUT2D eigenvalue weighted by Crippen LogP contribution is -2.26. The molecule has 1 heterocycles. The summed E-state index contributed by atoms with van der Waals surface area (Å²) in [5.41, 5.74) is 2.39. The highest BCUT2D eigenvalue weighted by Crippen LogP contribution is 2.27. The number of carbonyl (C=O) groups excluding carboxylic acids is 1. The largest absolute Gasteiger partial charge is 0.496 e. The fourth-order valence-corrected chi connectivity index (χ4v) is 4.22. The van der Waals surface area contributed by atoms with Crippen LogP contribution in [0.2, 0.25) is 0 Å². The molecule has 1 N–H and O–H groups in total. The van der Waals surface area contributed by atoms with Gasteiger partial charge in [0, 0.05) is 24.3 Å². The molecule has 0 atom stereocenters. The molecule has 1 aromatic carbocycles. The van der Waals surface area contributed by atoms with Crippen LogP contribution in [0.5, 0.6) is 5.75 Å². The molecule has 1 aliphatic carbocycles. The summed E-state index contributed by atoms with van der Waals surface area (Å²) >= 11 is 1.80. The van der Waals surface area contributed by atoms with E-state index in [0.29, 0.717) is 13.0 Å². The van der Waals surface area contributed by atoms with Crippen LogP contribution in [0.15, 0.2) is 24.3 Å². The number of hydrogen-bond acceptors (Lipinski definition) is 4. The van der Waals surface area contributed by atoms with Crippen molar-refractivity contribution in [2.24, 2.45) is 0 Å².